The monoisotopic (exact) mass is 257 g/mol. The normalized spacial score (nSPS) is 11.2. The van der Waals surface area contributed by atoms with Crippen molar-refractivity contribution in [2.45, 2.75) is 6.92 Å². The number of rotatable bonds is 3. The molecular formula is C14H12FN3O. The molecule has 4 nitrogen and oxygen atoms in total. The molecule has 96 valence electrons. The average molecular weight is 257 g/mol. The number of pyridine rings is 1. The highest BCUT2D eigenvalue weighted by atomic mass is 19.1. The Labute approximate surface area is 110 Å². The van der Waals surface area contributed by atoms with Gasteiger partial charge < -0.3 is 0 Å². The van der Waals surface area contributed by atoms with Crippen LogP contribution in [0.3, 0.4) is 0 Å². The minimum Gasteiger partial charge on any atom is -0.267 e. The van der Waals surface area contributed by atoms with Crippen LogP contribution in [0, 0.1) is 5.82 Å². The van der Waals surface area contributed by atoms with Gasteiger partial charge in [0.15, 0.2) is 0 Å². The van der Waals surface area contributed by atoms with Gasteiger partial charge in [-0.1, -0.05) is 18.2 Å². The molecule has 1 aromatic heterocycles. The maximum Gasteiger partial charge on any atom is 0.274 e. The molecule has 0 aliphatic rings. The van der Waals surface area contributed by atoms with Gasteiger partial charge in [-0.05, 0) is 25.1 Å². The summed E-state index contributed by atoms with van der Waals surface area (Å²) in [5.41, 5.74) is 3.67. The summed E-state index contributed by atoms with van der Waals surface area (Å²) in [5.74, 6) is -1.16. The number of benzene rings is 1. The van der Waals surface area contributed by atoms with E-state index in [1.54, 1.807) is 31.5 Å². The van der Waals surface area contributed by atoms with Crippen molar-refractivity contribution in [1.29, 1.82) is 0 Å². The van der Waals surface area contributed by atoms with Crippen LogP contribution in [0.2, 0.25) is 0 Å². The van der Waals surface area contributed by atoms with Crippen LogP contribution in [-0.2, 0) is 0 Å². The molecule has 0 aliphatic carbocycles. The molecule has 0 saturated carbocycles. The molecule has 0 fully saturated rings. The number of carbonyl (C=O) groups excluding carboxylic acids is 1. The second kappa shape index (κ2) is 5.86. The predicted octanol–water partition coefficient (Wildman–Crippen LogP) is 2.37. The Hall–Kier alpha value is -2.56. The van der Waals surface area contributed by atoms with E-state index in [0.29, 0.717) is 5.71 Å². The number of halogens is 1. The number of hydrogen-bond acceptors (Lipinski definition) is 3. The maximum absolute atomic E-state index is 13.4. The molecule has 2 aromatic rings. The number of hydrazone groups is 1. The van der Waals surface area contributed by atoms with E-state index < -0.39 is 11.7 Å². The van der Waals surface area contributed by atoms with Crippen LogP contribution in [0.25, 0.3) is 0 Å². The van der Waals surface area contributed by atoms with Crippen LogP contribution in [0.4, 0.5) is 4.39 Å². The van der Waals surface area contributed by atoms with Crippen molar-refractivity contribution < 1.29 is 9.18 Å². The molecule has 0 bridgehead atoms. The highest BCUT2D eigenvalue weighted by Gasteiger charge is 2.09. The van der Waals surface area contributed by atoms with Gasteiger partial charge in [-0.3, -0.25) is 9.78 Å². The van der Waals surface area contributed by atoms with Gasteiger partial charge in [-0.25, -0.2) is 9.82 Å². The highest BCUT2D eigenvalue weighted by molar-refractivity contribution is 6.00. The summed E-state index contributed by atoms with van der Waals surface area (Å²) < 4.78 is 13.4. The van der Waals surface area contributed by atoms with E-state index in [1.165, 1.54) is 18.2 Å². The predicted molar refractivity (Wildman–Crippen MR) is 70.3 cm³/mol. The first-order valence-electron chi connectivity index (χ1n) is 5.68. The average Bonchev–Trinajstić information content (AvgIpc) is 2.46. The molecule has 0 saturated heterocycles. The summed E-state index contributed by atoms with van der Waals surface area (Å²) in [7, 11) is 0. The Balaban J connectivity index is 2.11. The molecule has 1 amide bonds. The van der Waals surface area contributed by atoms with Gasteiger partial charge in [-0.15, -0.1) is 0 Å². The molecule has 1 N–H and O–H groups in total. The Morgan fingerprint density at radius 3 is 2.74 bits per heavy atom. The lowest BCUT2D eigenvalue weighted by Crippen LogP contribution is -2.20. The summed E-state index contributed by atoms with van der Waals surface area (Å²) in [5, 5.41) is 3.92. The fraction of sp³-hybridized carbons (Fsp3) is 0.0714. The van der Waals surface area contributed by atoms with E-state index in [4.69, 9.17) is 0 Å². The standard InChI is InChI=1S/C14H12FN3O/c1-10(11-5-4-8-16-9-11)17-18-14(19)12-6-2-3-7-13(12)15/h2-9H,1H3,(H,18,19)/b17-10+. The van der Waals surface area contributed by atoms with Crippen molar-refractivity contribution in [2.24, 2.45) is 5.10 Å². The van der Waals surface area contributed by atoms with Gasteiger partial charge in [0.2, 0.25) is 0 Å². The molecule has 5 heteroatoms. The summed E-state index contributed by atoms with van der Waals surface area (Å²) in [6.45, 7) is 1.73. The molecule has 0 spiro atoms. The molecule has 1 aromatic carbocycles. The first-order valence-corrected chi connectivity index (χ1v) is 5.68. The summed E-state index contributed by atoms with van der Waals surface area (Å²) in [6.07, 6.45) is 3.28. The third-order valence-corrected chi connectivity index (χ3v) is 2.52. The quantitative estimate of drug-likeness (QED) is 0.678. The van der Waals surface area contributed by atoms with E-state index in [0.717, 1.165) is 5.56 Å². The fourth-order valence-corrected chi connectivity index (χ4v) is 1.48. The van der Waals surface area contributed by atoms with Gasteiger partial charge in [0, 0.05) is 18.0 Å². The van der Waals surface area contributed by atoms with E-state index in [2.05, 4.69) is 15.5 Å². The Morgan fingerprint density at radius 2 is 2.05 bits per heavy atom. The Kier molecular flexibility index (Phi) is 3.97. The number of nitrogens with zero attached hydrogens (tertiary/aromatic N) is 2. The first-order chi connectivity index (χ1) is 9.18. The SMILES string of the molecule is C/C(=N\NC(=O)c1ccccc1F)c1cccnc1. The first kappa shape index (κ1) is 12.9. The van der Waals surface area contributed by atoms with Crippen LogP contribution in [-0.4, -0.2) is 16.6 Å². The zero-order valence-corrected chi connectivity index (χ0v) is 10.3. The minimum absolute atomic E-state index is 0.0368. The zero-order chi connectivity index (χ0) is 13.7. The van der Waals surface area contributed by atoms with Gasteiger partial charge in [0.25, 0.3) is 5.91 Å². The lowest BCUT2D eigenvalue weighted by Gasteiger charge is -2.03. The molecule has 1 heterocycles. The van der Waals surface area contributed by atoms with Crippen molar-refractivity contribution in [3.8, 4) is 0 Å². The smallest absolute Gasteiger partial charge is 0.267 e. The van der Waals surface area contributed by atoms with E-state index >= 15 is 0 Å². The Morgan fingerprint density at radius 1 is 1.26 bits per heavy atom. The topological polar surface area (TPSA) is 54.4 Å². The molecular weight excluding hydrogens is 245 g/mol. The van der Waals surface area contributed by atoms with E-state index in [1.807, 2.05) is 6.07 Å². The van der Waals surface area contributed by atoms with Crippen molar-refractivity contribution >= 4 is 11.6 Å². The van der Waals surface area contributed by atoms with Crippen molar-refractivity contribution in [3.05, 3.63) is 65.7 Å². The largest absolute Gasteiger partial charge is 0.274 e. The zero-order valence-electron chi connectivity index (χ0n) is 10.3. The van der Waals surface area contributed by atoms with Crippen LogP contribution >= 0.6 is 0 Å². The van der Waals surface area contributed by atoms with Crippen LogP contribution in [0.1, 0.15) is 22.8 Å². The van der Waals surface area contributed by atoms with Crippen LogP contribution in [0.15, 0.2) is 53.9 Å². The maximum atomic E-state index is 13.4. The third-order valence-electron chi connectivity index (χ3n) is 2.52. The number of amides is 1. The minimum atomic E-state index is -0.582. The molecule has 2 rings (SSSR count). The number of hydrogen-bond donors (Lipinski definition) is 1. The van der Waals surface area contributed by atoms with Crippen LogP contribution in [0.5, 0.6) is 0 Å². The number of aromatic nitrogens is 1. The van der Waals surface area contributed by atoms with Gasteiger partial charge >= 0.3 is 0 Å². The molecule has 0 atom stereocenters. The molecule has 0 unspecified atom stereocenters. The second-order valence-electron chi connectivity index (χ2n) is 3.86. The highest BCUT2D eigenvalue weighted by Crippen LogP contribution is 2.06. The summed E-state index contributed by atoms with van der Waals surface area (Å²) in [6, 6.07) is 9.34. The van der Waals surface area contributed by atoms with Crippen molar-refractivity contribution in [3.63, 3.8) is 0 Å². The van der Waals surface area contributed by atoms with Crippen molar-refractivity contribution in [2.75, 3.05) is 0 Å². The number of nitrogens with one attached hydrogen (secondary N) is 1. The van der Waals surface area contributed by atoms with Gasteiger partial charge in [-0.2, -0.15) is 5.10 Å². The van der Waals surface area contributed by atoms with Crippen molar-refractivity contribution in [1.82, 2.24) is 10.4 Å². The lowest BCUT2D eigenvalue weighted by atomic mass is 10.2. The second-order valence-corrected chi connectivity index (χ2v) is 3.86. The third kappa shape index (κ3) is 3.22. The molecule has 19 heavy (non-hydrogen) atoms. The Bertz CT molecular complexity index is 611. The number of carbonyl (C=O) groups is 1. The van der Waals surface area contributed by atoms with Crippen LogP contribution < -0.4 is 5.43 Å². The molecule has 0 radical (unpaired) electrons. The van der Waals surface area contributed by atoms with Gasteiger partial charge in [0.1, 0.15) is 5.82 Å². The lowest BCUT2D eigenvalue weighted by molar-refractivity contribution is 0.0951. The summed E-state index contributed by atoms with van der Waals surface area (Å²) in [4.78, 5) is 15.7. The van der Waals surface area contributed by atoms with E-state index in [9.17, 15) is 9.18 Å². The summed E-state index contributed by atoms with van der Waals surface area (Å²) >= 11 is 0. The fourth-order valence-electron chi connectivity index (χ4n) is 1.48. The van der Waals surface area contributed by atoms with E-state index in [-0.39, 0.29) is 5.56 Å². The van der Waals surface area contributed by atoms with Gasteiger partial charge in [0.05, 0.1) is 11.3 Å². The molecule has 0 aliphatic heterocycles.